The van der Waals surface area contributed by atoms with Crippen molar-refractivity contribution in [3.8, 4) is 0 Å². The van der Waals surface area contributed by atoms with E-state index in [0.717, 1.165) is 5.56 Å². The fourth-order valence-corrected chi connectivity index (χ4v) is 1.71. The first kappa shape index (κ1) is 12.3. The average molecular weight is 242 g/mol. The molecule has 0 fully saturated rings. The molecule has 0 amide bonds. The third-order valence-corrected chi connectivity index (χ3v) is 2.62. The molecule has 92 valence electrons. The highest BCUT2D eigenvalue weighted by Crippen LogP contribution is 2.12. The van der Waals surface area contributed by atoms with Gasteiger partial charge in [-0.3, -0.25) is 15.1 Å². The van der Waals surface area contributed by atoms with Crippen LogP contribution in [0.5, 0.6) is 0 Å². The van der Waals surface area contributed by atoms with E-state index >= 15 is 0 Å². The molecule has 0 aliphatic carbocycles. The van der Waals surface area contributed by atoms with Gasteiger partial charge in [-0.1, -0.05) is 36.4 Å². The van der Waals surface area contributed by atoms with E-state index in [-0.39, 0.29) is 0 Å². The first-order valence-electron chi connectivity index (χ1n) is 5.67. The molecule has 0 bridgehead atoms. The number of hydrogen-bond donors (Lipinski definition) is 2. The molecule has 0 unspecified atom stereocenters. The minimum Gasteiger partial charge on any atom is -0.480 e. The van der Waals surface area contributed by atoms with Crippen LogP contribution in [0.1, 0.15) is 17.2 Å². The number of nitrogens with one attached hydrogen (secondary N) is 1. The zero-order valence-corrected chi connectivity index (χ0v) is 9.78. The summed E-state index contributed by atoms with van der Waals surface area (Å²) in [5.41, 5.74) is 1.70. The number of rotatable bonds is 5. The number of carbonyl (C=O) groups is 1. The Balaban J connectivity index is 2.06. The zero-order chi connectivity index (χ0) is 12.8. The number of aliphatic carboxylic acids is 1. The molecule has 1 aromatic carbocycles. The van der Waals surface area contributed by atoms with Gasteiger partial charge < -0.3 is 5.11 Å². The molecular formula is C14H14N2O2. The van der Waals surface area contributed by atoms with E-state index in [4.69, 9.17) is 0 Å². The summed E-state index contributed by atoms with van der Waals surface area (Å²) in [6, 6.07) is 12.4. The van der Waals surface area contributed by atoms with Crippen molar-refractivity contribution in [2.75, 3.05) is 0 Å². The maximum Gasteiger partial charge on any atom is 0.325 e. The van der Waals surface area contributed by atoms with Gasteiger partial charge in [0.05, 0.1) is 0 Å². The Kier molecular flexibility index (Phi) is 4.04. The van der Waals surface area contributed by atoms with E-state index < -0.39 is 12.0 Å². The van der Waals surface area contributed by atoms with Crippen molar-refractivity contribution in [3.05, 3.63) is 66.0 Å². The van der Waals surface area contributed by atoms with Crippen molar-refractivity contribution in [2.45, 2.75) is 12.6 Å². The molecule has 0 aliphatic rings. The van der Waals surface area contributed by atoms with Crippen LogP contribution in [0.15, 0.2) is 54.9 Å². The molecule has 0 spiro atoms. The van der Waals surface area contributed by atoms with Crippen molar-refractivity contribution in [2.24, 2.45) is 0 Å². The molecule has 18 heavy (non-hydrogen) atoms. The lowest BCUT2D eigenvalue weighted by molar-refractivity contribution is -0.139. The predicted molar refractivity (Wildman–Crippen MR) is 67.9 cm³/mol. The molecule has 0 saturated heterocycles. The zero-order valence-electron chi connectivity index (χ0n) is 9.78. The van der Waals surface area contributed by atoms with E-state index in [0.29, 0.717) is 12.1 Å². The predicted octanol–water partition coefficient (Wildman–Crippen LogP) is 2.00. The second kappa shape index (κ2) is 5.93. The normalized spacial score (nSPS) is 12.0. The van der Waals surface area contributed by atoms with Gasteiger partial charge in [-0.2, -0.15) is 0 Å². The maximum atomic E-state index is 11.2. The summed E-state index contributed by atoms with van der Waals surface area (Å²) in [6.07, 6.45) is 3.19. The Bertz CT molecular complexity index is 500. The number of carboxylic acid groups (broad SMARTS) is 1. The maximum absolute atomic E-state index is 11.2. The number of aromatic nitrogens is 1. The van der Waals surface area contributed by atoms with E-state index in [9.17, 15) is 9.90 Å². The standard InChI is InChI=1S/C14H14N2O2/c17-14(18)13(12-7-4-8-15-10-12)16-9-11-5-2-1-3-6-11/h1-8,10,13,16H,9H2,(H,17,18)/t13-/m0/s1. The Morgan fingerprint density at radius 3 is 2.61 bits per heavy atom. The summed E-state index contributed by atoms with van der Waals surface area (Å²) in [4.78, 5) is 15.2. The van der Waals surface area contributed by atoms with Gasteiger partial charge in [0, 0.05) is 18.9 Å². The van der Waals surface area contributed by atoms with Gasteiger partial charge in [-0.15, -0.1) is 0 Å². The van der Waals surface area contributed by atoms with Crippen LogP contribution in [0.25, 0.3) is 0 Å². The molecule has 0 radical (unpaired) electrons. The molecule has 0 aliphatic heterocycles. The van der Waals surface area contributed by atoms with Gasteiger partial charge in [0.1, 0.15) is 6.04 Å². The Labute approximate surface area is 105 Å². The summed E-state index contributed by atoms with van der Waals surface area (Å²) in [7, 11) is 0. The topological polar surface area (TPSA) is 62.2 Å². The lowest BCUT2D eigenvalue weighted by atomic mass is 10.1. The highest BCUT2D eigenvalue weighted by atomic mass is 16.4. The summed E-state index contributed by atoms with van der Waals surface area (Å²) >= 11 is 0. The fraction of sp³-hybridized carbons (Fsp3) is 0.143. The lowest BCUT2D eigenvalue weighted by Crippen LogP contribution is -2.28. The number of hydrogen-bond acceptors (Lipinski definition) is 3. The summed E-state index contributed by atoms with van der Waals surface area (Å²) in [6.45, 7) is 0.507. The number of benzene rings is 1. The van der Waals surface area contributed by atoms with E-state index in [1.807, 2.05) is 30.3 Å². The Hall–Kier alpha value is -2.20. The minimum atomic E-state index is -0.904. The van der Waals surface area contributed by atoms with Crippen LogP contribution in [0.2, 0.25) is 0 Å². The minimum absolute atomic E-state index is 0.507. The van der Waals surface area contributed by atoms with Gasteiger partial charge in [-0.25, -0.2) is 0 Å². The van der Waals surface area contributed by atoms with E-state index in [1.54, 1.807) is 24.5 Å². The van der Waals surface area contributed by atoms with Crippen LogP contribution in [0.3, 0.4) is 0 Å². The molecule has 0 saturated carbocycles. The van der Waals surface area contributed by atoms with Gasteiger partial charge >= 0.3 is 5.97 Å². The smallest absolute Gasteiger partial charge is 0.325 e. The van der Waals surface area contributed by atoms with Crippen LogP contribution < -0.4 is 5.32 Å². The molecule has 2 rings (SSSR count). The van der Waals surface area contributed by atoms with Crippen LogP contribution in [0, 0.1) is 0 Å². The van der Waals surface area contributed by atoms with Crippen LogP contribution in [-0.2, 0) is 11.3 Å². The van der Waals surface area contributed by atoms with Gasteiger partial charge in [0.15, 0.2) is 0 Å². The molecule has 2 aromatic rings. The Morgan fingerprint density at radius 2 is 2.00 bits per heavy atom. The molecular weight excluding hydrogens is 228 g/mol. The Morgan fingerprint density at radius 1 is 1.22 bits per heavy atom. The number of nitrogens with zero attached hydrogens (tertiary/aromatic N) is 1. The number of pyridine rings is 1. The molecule has 1 atom stereocenters. The molecule has 1 aromatic heterocycles. The van der Waals surface area contributed by atoms with Crippen molar-refractivity contribution in [1.29, 1.82) is 0 Å². The molecule has 1 heterocycles. The first-order valence-corrected chi connectivity index (χ1v) is 5.67. The number of carboxylic acids is 1. The third kappa shape index (κ3) is 3.15. The molecule has 4 nitrogen and oxygen atoms in total. The van der Waals surface area contributed by atoms with E-state index in [1.165, 1.54) is 0 Å². The fourth-order valence-electron chi connectivity index (χ4n) is 1.71. The van der Waals surface area contributed by atoms with E-state index in [2.05, 4.69) is 10.3 Å². The van der Waals surface area contributed by atoms with Crippen molar-refractivity contribution < 1.29 is 9.90 Å². The quantitative estimate of drug-likeness (QED) is 0.841. The van der Waals surface area contributed by atoms with Crippen LogP contribution >= 0.6 is 0 Å². The highest BCUT2D eigenvalue weighted by Gasteiger charge is 2.18. The molecule has 2 N–H and O–H groups in total. The van der Waals surface area contributed by atoms with Crippen LogP contribution in [0.4, 0.5) is 0 Å². The largest absolute Gasteiger partial charge is 0.480 e. The van der Waals surface area contributed by atoms with Crippen molar-refractivity contribution >= 4 is 5.97 Å². The highest BCUT2D eigenvalue weighted by molar-refractivity contribution is 5.75. The first-order chi connectivity index (χ1) is 8.77. The van der Waals surface area contributed by atoms with Crippen molar-refractivity contribution in [3.63, 3.8) is 0 Å². The van der Waals surface area contributed by atoms with Gasteiger partial charge in [0.2, 0.25) is 0 Å². The second-order valence-corrected chi connectivity index (χ2v) is 3.92. The summed E-state index contributed by atoms with van der Waals surface area (Å²) < 4.78 is 0. The average Bonchev–Trinajstić information content (AvgIpc) is 2.41. The summed E-state index contributed by atoms with van der Waals surface area (Å²) in [5.74, 6) is -0.904. The van der Waals surface area contributed by atoms with Crippen molar-refractivity contribution in [1.82, 2.24) is 10.3 Å². The SMILES string of the molecule is O=C(O)[C@@H](NCc1ccccc1)c1cccnc1. The lowest BCUT2D eigenvalue weighted by Gasteiger charge is -2.14. The van der Waals surface area contributed by atoms with Gasteiger partial charge in [-0.05, 0) is 17.2 Å². The third-order valence-electron chi connectivity index (χ3n) is 2.62. The summed E-state index contributed by atoms with van der Waals surface area (Å²) in [5, 5.41) is 12.2. The monoisotopic (exact) mass is 242 g/mol. The van der Waals surface area contributed by atoms with Gasteiger partial charge in [0.25, 0.3) is 0 Å². The molecule has 4 heteroatoms. The van der Waals surface area contributed by atoms with Crippen LogP contribution in [-0.4, -0.2) is 16.1 Å². The second-order valence-electron chi connectivity index (χ2n) is 3.92.